The molecule has 2 amide bonds. The minimum Gasteiger partial charge on any atom is -0.461 e. The number of rotatable bonds is 8. The Bertz CT molecular complexity index is 1010. The molecule has 0 aliphatic carbocycles. The van der Waals surface area contributed by atoms with Crippen molar-refractivity contribution in [1.29, 1.82) is 0 Å². The molecule has 4 unspecified atom stereocenters. The molecule has 36 heavy (non-hydrogen) atoms. The Kier molecular flexibility index (Phi) is 10.7. The maximum atomic E-state index is 12.8. The fourth-order valence-corrected chi connectivity index (χ4v) is 4.26. The van der Waals surface area contributed by atoms with Crippen LogP contribution in [-0.2, 0) is 32.0 Å². The van der Waals surface area contributed by atoms with Crippen LogP contribution in [0.15, 0.2) is 72.8 Å². The quantitative estimate of drug-likeness (QED) is 0.388. The van der Waals surface area contributed by atoms with Crippen LogP contribution in [0, 0.1) is 11.8 Å². The maximum absolute atomic E-state index is 12.8. The highest BCUT2D eigenvalue weighted by Crippen LogP contribution is 2.18. The van der Waals surface area contributed by atoms with E-state index >= 15 is 0 Å². The van der Waals surface area contributed by atoms with E-state index in [1.165, 1.54) is 0 Å². The van der Waals surface area contributed by atoms with Crippen molar-refractivity contribution in [3.8, 4) is 0 Å². The molecule has 2 aromatic carbocycles. The van der Waals surface area contributed by atoms with Gasteiger partial charge in [-0.1, -0.05) is 72.8 Å². The van der Waals surface area contributed by atoms with Crippen LogP contribution in [0.1, 0.15) is 37.3 Å². The molecule has 0 saturated heterocycles. The van der Waals surface area contributed by atoms with Gasteiger partial charge in [0.2, 0.25) is 11.8 Å². The summed E-state index contributed by atoms with van der Waals surface area (Å²) >= 11 is 0. The highest BCUT2D eigenvalue weighted by Gasteiger charge is 2.26. The number of hydrogen-bond donors (Lipinski definition) is 3. The van der Waals surface area contributed by atoms with Crippen molar-refractivity contribution in [3.05, 3.63) is 83.9 Å². The zero-order valence-electron chi connectivity index (χ0n) is 20.8. The van der Waals surface area contributed by atoms with Gasteiger partial charge in [-0.25, -0.2) is 0 Å². The number of aliphatic hydroxyl groups is 1. The summed E-state index contributed by atoms with van der Waals surface area (Å²) in [7, 11) is 0. The number of amides is 2. The average molecular weight is 493 g/mol. The van der Waals surface area contributed by atoms with Crippen molar-refractivity contribution in [1.82, 2.24) is 10.6 Å². The van der Waals surface area contributed by atoms with E-state index in [1.807, 2.05) is 72.8 Å². The van der Waals surface area contributed by atoms with E-state index in [2.05, 4.69) is 10.6 Å². The SMILES string of the molecule is CC1CNC(=O)C(CC(=O)NC(CO)Cc2ccccc2)CC=CCC(Cc2ccccc2)C(=O)O1. The number of hydrogen-bond acceptors (Lipinski definition) is 5. The molecule has 3 rings (SSSR count). The van der Waals surface area contributed by atoms with Gasteiger partial charge in [-0.05, 0) is 43.7 Å². The minimum atomic E-state index is -0.563. The molecule has 7 heteroatoms. The number of ether oxygens (including phenoxy) is 1. The second-order valence-corrected chi connectivity index (χ2v) is 9.36. The van der Waals surface area contributed by atoms with Crippen LogP contribution in [0.25, 0.3) is 0 Å². The van der Waals surface area contributed by atoms with E-state index in [9.17, 15) is 19.5 Å². The number of nitrogens with one attached hydrogen (secondary N) is 2. The smallest absolute Gasteiger partial charge is 0.309 e. The lowest BCUT2D eigenvalue weighted by Gasteiger charge is -2.22. The number of aliphatic hydroxyl groups excluding tert-OH is 1. The Morgan fingerprint density at radius 2 is 1.61 bits per heavy atom. The van der Waals surface area contributed by atoms with E-state index in [0.717, 1.165) is 11.1 Å². The molecule has 2 aromatic rings. The molecule has 0 bridgehead atoms. The Morgan fingerprint density at radius 1 is 1.00 bits per heavy atom. The summed E-state index contributed by atoms with van der Waals surface area (Å²) < 4.78 is 5.60. The number of carbonyl (C=O) groups is 3. The Morgan fingerprint density at radius 3 is 2.25 bits per heavy atom. The third-order valence-corrected chi connectivity index (χ3v) is 6.26. The Hall–Kier alpha value is -3.45. The van der Waals surface area contributed by atoms with Gasteiger partial charge < -0.3 is 20.5 Å². The second-order valence-electron chi connectivity index (χ2n) is 9.36. The summed E-state index contributed by atoms with van der Waals surface area (Å²) in [4.78, 5) is 38.3. The lowest BCUT2D eigenvalue weighted by Crippen LogP contribution is -2.43. The first-order valence-electron chi connectivity index (χ1n) is 12.6. The van der Waals surface area contributed by atoms with Crippen LogP contribution in [0.4, 0.5) is 0 Å². The molecule has 3 N–H and O–H groups in total. The van der Waals surface area contributed by atoms with Crippen LogP contribution in [0.2, 0.25) is 0 Å². The van der Waals surface area contributed by atoms with Crippen LogP contribution in [-0.4, -0.2) is 48.2 Å². The van der Waals surface area contributed by atoms with Crippen molar-refractivity contribution in [2.45, 2.75) is 51.2 Å². The topological polar surface area (TPSA) is 105 Å². The summed E-state index contributed by atoms with van der Waals surface area (Å²) in [6.45, 7) is 1.73. The molecule has 1 aliphatic rings. The van der Waals surface area contributed by atoms with E-state index in [1.54, 1.807) is 6.92 Å². The summed E-state index contributed by atoms with van der Waals surface area (Å²) in [5.74, 6) is -1.72. The fraction of sp³-hybridized carbons (Fsp3) is 0.414. The van der Waals surface area contributed by atoms with E-state index in [0.29, 0.717) is 25.7 Å². The Balaban J connectivity index is 1.63. The summed E-state index contributed by atoms with van der Waals surface area (Å²) in [6, 6.07) is 19.0. The predicted octanol–water partition coefficient (Wildman–Crippen LogP) is 2.97. The number of allylic oxidation sites excluding steroid dienone is 2. The molecule has 0 spiro atoms. The van der Waals surface area contributed by atoms with E-state index < -0.39 is 18.1 Å². The normalized spacial score (nSPS) is 21.9. The van der Waals surface area contributed by atoms with Gasteiger partial charge in [-0.15, -0.1) is 0 Å². The standard InChI is InChI=1S/C29H36N2O5/c1-21-19-30-28(34)24(18-27(33)31-26(20-32)17-23-12-6-3-7-13-23)14-8-9-15-25(29(35)36-21)16-22-10-4-2-5-11-22/h2-13,21,24-26,32H,14-20H2,1H3,(H,30,34)(H,31,33). The van der Waals surface area contributed by atoms with Crippen molar-refractivity contribution < 1.29 is 24.2 Å². The van der Waals surface area contributed by atoms with Gasteiger partial charge in [0.1, 0.15) is 6.10 Å². The van der Waals surface area contributed by atoms with E-state index in [4.69, 9.17) is 4.74 Å². The van der Waals surface area contributed by atoms with Gasteiger partial charge in [-0.3, -0.25) is 14.4 Å². The lowest BCUT2D eigenvalue weighted by molar-refractivity contribution is -0.153. The highest BCUT2D eigenvalue weighted by molar-refractivity contribution is 5.86. The third-order valence-electron chi connectivity index (χ3n) is 6.26. The van der Waals surface area contributed by atoms with Crippen molar-refractivity contribution >= 4 is 17.8 Å². The first-order chi connectivity index (χ1) is 17.4. The highest BCUT2D eigenvalue weighted by atomic mass is 16.5. The average Bonchev–Trinajstić information content (AvgIpc) is 2.88. The van der Waals surface area contributed by atoms with E-state index in [-0.39, 0.29) is 43.3 Å². The molecule has 0 fully saturated rings. The summed E-state index contributed by atoms with van der Waals surface area (Å²) in [6.07, 6.45) is 5.22. The second kappa shape index (κ2) is 14.2. The lowest BCUT2D eigenvalue weighted by atomic mass is 9.94. The van der Waals surface area contributed by atoms with Gasteiger partial charge in [0.05, 0.1) is 31.0 Å². The number of esters is 1. The van der Waals surface area contributed by atoms with Gasteiger partial charge in [0.15, 0.2) is 0 Å². The summed E-state index contributed by atoms with van der Waals surface area (Å²) in [5.41, 5.74) is 2.07. The summed E-state index contributed by atoms with van der Waals surface area (Å²) in [5, 5.41) is 15.4. The van der Waals surface area contributed by atoms with Gasteiger partial charge in [-0.2, -0.15) is 0 Å². The Labute approximate surface area is 212 Å². The number of cyclic esters (lactones) is 1. The molecular weight excluding hydrogens is 456 g/mol. The molecule has 0 aromatic heterocycles. The molecular formula is C29H36N2O5. The predicted molar refractivity (Wildman–Crippen MR) is 138 cm³/mol. The molecule has 4 atom stereocenters. The van der Waals surface area contributed by atoms with Crippen molar-refractivity contribution in [3.63, 3.8) is 0 Å². The molecule has 192 valence electrons. The van der Waals surface area contributed by atoms with Crippen molar-refractivity contribution in [2.75, 3.05) is 13.2 Å². The van der Waals surface area contributed by atoms with Gasteiger partial charge >= 0.3 is 5.97 Å². The molecule has 7 nitrogen and oxygen atoms in total. The van der Waals surface area contributed by atoms with Gasteiger partial charge in [0.25, 0.3) is 0 Å². The molecule has 1 heterocycles. The minimum absolute atomic E-state index is 0.00305. The molecule has 0 saturated carbocycles. The van der Waals surface area contributed by atoms with Crippen molar-refractivity contribution in [2.24, 2.45) is 11.8 Å². The molecule has 0 radical (unpaired) electrons. The van der Waals surface area contributed by atoms with Gasteiger partial charge in [0, 0.05) is 6.42 Å². The van der Waals surface area contributed by atoms with Crippen LogP contribution < -0.4 is 10.6 Å². The zero-order chi connectivity index (χ0) is 25.8. The first kappa shape index (κ1) is 27.1. The maximum Gasteiger partial charge on any atom is 0.309 e. The number of carbonyl (C=O) groups excluding carboxylic acids is 3. The third kappa shape index (κ3) is 8.96. The number of benzene rings is 2. The van der Waals surface area contributed by atoms with Crippen LogP contribution in [0.3, 0.4) is 0 Å². The zero-order valence-corrected chi connectivity index (χ0v) is 20.8. The van der Waals surface area contributed by atoms with Crippen LogP contribution in [0.5, 0.6) is 0 Å². The first-order valence-corrected chi connectivity index (χ1v) is 12.6. The fourth-order valence-electron chi connectivity index (χ4n) is 4.26. The monoisotopic (exact) mass is 492 g/mol. The molecule has 1 aliphatic heterocycles. The van der Waals surface area contributed by atoms with Crippen LogP contribution >= 0.6 is 0 Å². The largest absolute Gasteiger partial charge is 0.461 e.